The van der Waals surface area contributed by atoms with Gasteiger partial charge in [0, 0.05) is 29.8 Å². The van der Waals surface area contributed by atoms with Crippen molar-refractivity contribution < 1.29 is 12.8 Å². The monoisotopic (exact) mass is 339 g/mol. The van der Waals surface area contributed by atoms with Gasteiger partial charge in [-0.15, -0.1) is 0 Å². The molecule has 5 N–H and O–H groups in total. The van der Waals surface area contributed by atoms with Crippen LogP contribution in [0.1, 0.15) is 19.3 Å². The molecule has 0 bridgehead atoms. The number of H-pyrrole nitrogens is 1. The number of fused-ring (bicyclic) bond motifs is 2. The Morgan fingerprint density at radius 2 is 2.00 bits per heavy atom. The third-order valence-corrected chi connectivity index (χ3v) is 6.14. The van der Waals surface area contributed by atoms with Gasteiger partial charge >= 0.3 is 0 Å². The molecule has 1 aromatic heterocycles. The highest BCUT2D eigenvalue weighted by Gasteiger charge is 2.35. The predicted octanol–water partition coefficient (Wildman–Crippen LogP) is 0.487. The Morgan fingerprint density at radius 1 is 1.17 bits per heavy atom. The first-order valence-corrected chi connectivity index (χ1v) is 9.07. The molecule has 9 heteroatoms. The number of aromatic nitrogens is 1. The number of benzene rings is 1. The molecule has 7 nitrogen and oxygen atoms in total. The van der Waals surface area contributed by atoms with Gasteiger partial charge in [0.05, 0.1) is 5.39 Å². The van der Waals surface area contributed by atoms with Gasteiger partial charge in [0.25, 0.3) is 0 Å². The second-order valence-electron chi connectivity index (χ2n) is 6.07. The van der Waals surface area contributed by atoms with Crippen LogP contribution in [0, 0.1) is 5.82 Å². The van der Waals surface area contributed by atoms with Crippen molar-refractivity contribution in [2.45, 2.75) is 42.3 Å². The van der Waals surface area contributed by atoms with E-state index in [2.05, 4.69) is 26.1 Å². The molecular formula is C14H18FN5O2S. The van der Waals surface area contributed by atoms with Gasteiger partial charge in [-0.3, -0.25) is 0 Å². The molecule has 1 aromatic carbocycles. The van der Waals surface area contributed by atoms with E-state index in [1.54, 1.807) is 12.1 Å². The van der Waals surface area contributed by atoms with Gasteiger partial charge in [-0.2, -0.15) is 5.53 Å². The van der Waals surface area contributed by atoms with Crippen molar-refractivity contribution in [3.8, 4) is 0 Å². The van der Waals surface area contributed by atoms with Gasteiger partial charge < -0.3 is 4.98 Å². The first kappa shape index (κ1) is 15.0. The zero-order chi connectivity index (χ0) is 16.0. The highest BCUT2D eigenvalue weighted by molar-refractivity contribution is 7.89. The zero-order valence-electron chi connectivity index (χ0n) is 12.3. The van der Waals surface area contributed by atoms with Crippen LogP contribution in [0.5, 0.6) is 0 Å². The van der Waals surface area contributed by atoms with Crippen molar-refractivity contribution in [2.75, 3.05) is 0 Å². The Balaban J connectivity index is 1.60. The molecule has 2 aliphatic rings. The SMILES string of the molecule is O=S(=O)(NC1CCC2NNNC2C1)c1c[nH]c2cccc(F)c12. The fourth-order valence-electron chi connectivity index (χ4n) is 3.44. The van der Waals surface area contributed by atoms with Gasteiger partial charge in [0.15, 0.2) is 0 Å². The van der Waals surface area contributed by atoms with E-state index >= 15 is 0 Å². The topological polar surface area (TPSA) is 98.1 Å². The number of halogens is 1. The van der Waals surface area contributed by atoms with E-state index < -0.39 is 15.8 Å². The minimum atomic E-state index is -3.78. The summed E-state index contributed by atoms with van der Waals surface area (Å²) in [5.74, 6) is -0.543. The predicted molar refractivity (Wildman–Crippen MR) is 83.2 cm³/mol. The van der Waals surface area contributed by atoms with E-state index in [0.29, 0.717) is 18.0 Å². The maximum atomic E-state index is 14.0. The largest absolute Gasteiger partial charge is 0.360 e. The van der Waals surface area contributed by atoms with Gasteiger partial charge in [0.2, 0.25) is 10.0 Å². The molecule has 1 aliphatic carbocycles. The average Bonchev–Trinajstić information content (AvgIpc) is 3.13. The lowest BCUT2D eigenvalue weighted by molar-refractivity contribution is 0.323. The minimum Gasteiger partial charge on any atom is -0.360 e. The maximum Gasteiger partial charge on any atom is 0.243 e. The average molecular weight is 339 g/mol. The molecule has 1 aliphatic heterocycles. The second kappa shape index (κ2) is 5.53. The molecule has 4 rings (SSSR count). The third-order valence-electron chi connectivity index (χ3n) is 4.60. The zero-order valence-corrected chi connectivity index (χ0v) is 13.1. The van der Waals surface area contributed by atoms with Crippen LogP contribution in [-0.4, -0.2) is 31.5 Å². The summed E-state index contributed by atoms with van der Waals surface area (Å²) in [5.41, 5.74) is 9.54. The molecule has 2 aromatic rings. The lowest BCUT2D eigenvalue weighted by atomic mass is 9.88. The summed E-state index contributed by atoms with van der Waals surface area (Å²) in [6.07, 6.45) is 3.62. The number of sulfonamides is 1. The lowest BCUT2D eigenvalue weighted by Crippen LogP contribution is -2.47. The van der Waals surface area contributed by atoms with Crippen LogP contribution in [0.3, 0.4) is 0 Å². The summed E-state index contributed by atoms with van der Waals surface area (Å²) in [4.78, 5) is 2.78. The standard InChI is InChI=1S/C14H18FN5O2S/c15-9-2-1-3-11-14(9)13(7-16-11)23(21,22)19-8-4-5-10-12(6-8)18-20-17-10/h1-3,7-8,10,12,16-20H,4-6H2. The third kappa shape index (κ3) is 2.64. The number of nitrogens with one attached hydrogen (secondary N) is 5. The van der Waals surface area contributed by atoms with Gasteiger partial charge in [-0.25, -0.2) is 28.4 Å². The summed E-state index contributed by atoms with van der Waals surface area (Å²) in [7, 11) is -3.78. The lowest BCUT2D eigenvalue weighted by Gasteiger charge is -2.30. The Hall–Kier alpha value is -1.52. The highest BCUT2D eigenvalue weighted by Crippen LogP contribution is 2.27. The molecule has 23 heavy (non-hydrogen) atoms. The molecule has 124 valence electrons. The summed E-state index contributed by atoms with van der Waals surface area (Å²) in [5, 5.41) is 0.107. The van der Waals surface area contributed by atoms with Gasteiger partial charge in [0.1, 0.15) is 10.7 Å². The number of hydrazine groups is 2. The number of hydrogen-bond donors (Lipinski definition) is 5. The second-order valence-corrected chi connectivity index (χ2v) is 7.76. The van der Waals surface area contributed by atoms with Crippen LogP contribution < -0.4 is 21.1 Å². The molecule has 0 amide bonds. The van der Waals surface area contributed by atoms with Crippen molar-refractivity contribution in [2.24, 2.45) is 0 Å². The normalized spacial score (nSPS) is 28.1. The van der Waals surface area contributed by atoms with Crippen LogP contribution in [0.25, 0.3) is 10.9 Å². The van der Waals surface area contributed by atoms with Crippen LogP contribution in [0.4, 0.5) is 4.39 Å². The first-order chi connectivity index (χ1) is 11.0. The summed E-state index contributed by atoms with van der Waals surface area (Å²) in [6, 6.07) is 4.78. The molecule has 0 spiro atoms. The van der Waals surface area contributed by atoms with Crippen molar-refractivity contribution in [1.29, 1.82) is 0 Å². The molecule has 1 saturated carbocycles. The summed E-state index contributed by atoms with van der Waals surface area (Å²) in [6.45, 7) is 0. The molecule has 3 unspecified atom stereocenters. The van der Waals surface area contributed by atoms with E-state index in [0.717, 1.165) is 12.8 Å². The number of hydrogen-bond acceptors (Lipinski definition) is 5. The van der Waals surface area contributed by atoms with Crippen molar-refractivity contribution >= 4 is 20.9 Å². The van der Waals surface area contributed by atoms with E-state index in [9.17, 15) is 12.8 Å². The molecule has 0 radical (unpaired) electrons. The smallest absolute Gasteiger partial charge is 0.243 e. The van der Waals surface area contributed by atoms with E-state index in [1.165, 1.54) is 12.3 Å². The fourth-order valence-corrected chi connectivity index (χ4v) is 4.91. The first-order valence-electron chi connectivity index (χ1n) is 7.58. The van der Waals surface area contributed by atoms with Crippen molar-refractivity contribution in [1.82, 2.24) is 26.1 Å². The van der Waals surface area contributed by atoms with Crippen LogP contribution in [-0.2, 0) is 10.0 Å². The molecule has 1 saturated heterocycles. The molecule has 3 atom stereocenters. The van der Waals surface area contributed by atoms with Gasteiger partial charge in [-0.1, -0.05) is 6.07 Å². The van der Waals surface area contributed by atoms with Crippen LogP contribution in [0.2, 0.25) is 0 Å². The van der Waals surface area contributed by atoms with Gasteiger partial charge in [-0.05, 0) is 31.4 Å². The quantitative estimate of drug-likeness (QED) is 0.561. The Bertz CT molecular complexity index is 837. The van der Waals surface area contributed by atoms with E-state index in [4.69, 9.17) is 0 Å². The summed E-state index contributed by atoms with van der Waals surface area (Å²) >= 11 is 0. The Labute approximate surface area is 133 Å². The molecule has 2 fully saturated rings. The van der Waals surface area contributed by atoms with Crippen molar-refractivity contribution in [3.05, 3.63) is 30.2 Å². The maximum absolute atomic E-state index is 14.0. The summed E-state index contributed by atoms with van der Waals surface area (Å²) < 4.78 is 42.1. The minimum absolute atomic E-state index is 0.0386. The number of aromatic amines is 1. The van der Waals surface area contributed by atoms with E-state index in [-0.39, 0.29) is 22.4 Å². The fraction of sp³-hybridized carbons (Fsp3) is 0.429. The number of rotatable bonds is 3. The highest BCUT2D eigenvalue weighted by atomic mass is 32.2. The molecule has 2 heterocycles. The Morgan fingerprint density at radius 3 is 2.87 bits per heavy atom. The van der Waals surface area contributed by atoms with Crippen molar-refractivity contribution in [3.63, 3.8) is 0 Å². The molecular weight excluding hydrogens is 321 g/mol. The van der Waals surface area contributed by atoms with Crippen LogP contribution in [0.15, 0.2) is 29.3 Å². The Kier molecular flexibility index (Phi) is 3.62. The van der Waals surface area contributed by atoms with Crippen LogP contribution >= 0.6 is 0 Å². The van der Waals surface area contributed by atoms with E-state index in [1.807, 2.05) is 0 Å².